The van der Waals surface area contributed by atoms with Crippen molar-refractivity contribution in [2.45, 2.75) is 13.3 Å². The lowest BCUT2D eigenvalue weighted by molar-refractivity contribution is -0.159. The summed E-state index contributed by atoms with van der Waals surface area (Å²) in [5, 5.41) is -0.939. The number of benzene rings is 1. The Morgan fingerprint density at radius 1 is 1.05 bits per heavy atom. The zero-order valence-electron chi connectivity index (χ0n) is 9.28. The van der Waals surface area contributed by atoms with Gasteiger partial charge in [-0.3, -0.25) is 0 Å². The van der Waals surface area contributed by atoms with Crippen LogP contribution in [-0.2, 0) is 9.53 Å². The number of ether oxygens (including phenoxy) is 2. The molecule has 106 valence electrons. The molecule has 0 saturated carbocycles. The second-order valence-electron chi connectivity index (χ2n) is 3.08. The molecule has 1 aromatic carbocycles. The Morgan fingerprint density at radius 2 is 1.47 bits per heavy atom. The minimum absolute atomic E-state index is 0.00773. The van der Waals surface area contributed by atoms with Crippen LogP contribution in [0.15, 0.2) is 0 Å². The van der Waals surface area contributed by atoms with Crippen LogP contribution < -0.4 is 4.74 Å². The maximum absolute atomic E-state index is 13.5. The zero-order chi connectivity index (χ0) is 14.7. The average molecular weight is 370 g/mol. The molecule has 0 heterocycles. The van der Waals surface area contributed by atoms with Crippen molar-refractivity contribution in [1.29, 1.82) is 0 Å². The van der Waals surface area contributed by atoms with E-state index in [1.54, 1.807) is 0 Å². The third-order valence-electron chi connectivity index (χ3n) is 1.86. The van der Waals surface area contributed by atoms with Gasteiger partial charge in [-0.15, -0.1) is 0 Å². The first-order chi connectivity index (χ1) is 8.81. The van der Waals surface area contributed by atoms with Gasteiger partial charge in [0.05, 0.1) is 21.7 Å². The topological polar surface area (TPSA) is 35.5 Å². The van der Waals surface area contributed by atoms with Gasteiger partial charge < -0.3 is 9.47 Å². The number of rotatable bonds is 4. The fraction of sp³-hybridized carbons (Fsp3) is 0.300. The quantitative estimate of drug-likeness (QED) is 0.416. The normalized spacial score (nSPS) is 12.2. The minimum atomic E-state index is -2.41. The molecule has 3 nitrogen and oxygen atoms in total. The molecule has 0 aromatic heterocycles. The summed E-state index contributed by atoms with van der Waals surface area (Å²) in [4.78, 5) is 11.1. The Hall–Kier alpha value is -0.130. The summed E-state index contributed by atoms with van der Waals surface area (Å²) in [6.45, 7) is 1.51. The summed E-state index contributed by atoms with van der Waals surface area (Å²) in [5.41, 5.74) is 0. The van der Waals surface area contributed by atoms with E-state index < -0.39 is 12.3 Å². The smallest absolute Gasteiger partial charge is 0.381 e. The van der Waals surface area contributed by atoms with Crippen LogP contribution in [0.4, 0.5) is 4.39 Å². The molecule has 0 bridgehead atoms. The molecule has 19 heavy (non-hydrogen) atoms. The average Bonchev–Trinajstić information content (AvgIpc) is 2.39. The minimum Gasteiger partial charge on any atom is -0.461 e. The van der Waals surface area contributed by atoms with E-state index in [0.717, 1.165) is 0 Å². The fourth-order valence-corrected chi connectivity index (χ4v) is 2.26. The van der Waals surface area contributed by atoms with E-state index in [2.05, 4.69) is 9.47 Å². The van der Waals surface area contributed by atoms with E-state index in [0.29, 0.717) is 0 Å². The third-order valence-corrected chi connectivity index (χ3v) is 4.10. The molecule has 1 rings (SSSR count). The van der Waals surface area contributed by atoms with Gasteiger partial charge in [-0.25, -0.2) is 4.79 Å². The molecule has 0 spiro atoms. The number of hydrogen-bond acceptors (Lipinski definition) is 3. The van der Waals surface area contributed by atoms with E-state index in [1.807, 2.05) is 0 Å². The lowest BCUT2D eigenvalue weighted by Crippen LogP contribution is -2.25. The molecule has 0 aliphatic heterocycles. The van der Waals surface area contributed by atoms with E-state index in [9.17, 15) is 9.18 Å². The number of halogens is 6. The van der Waals surface area contributed by atoms with Crippen molar-refractivity contribution in [3.05, 3.63) is 25.1 Å². The van der Waals surface area contributed by atoms with Gasteiger partial charge in [-0.1, -0.05) is 58.0 Å². The molecule has 0 aliphatic carbocycles. The van der Waals surface area contributed by atoms with Crippen molar-refractivity contribution in [1.82, 2.24) is 0 Å². The van der Waals surface area contributed by atoms with Gasteiger partial charge in [0.2, 0.25) is 0 Å². The number of esters is 1. The fourth-order valence-electron chi connectivity index (χ4n) is 1.05. The van der Waals surface area contributed by atoms with Crippen LogP contribution in [0.1, 0.15) is 6.92 Å². The highest BCUT2D eigenvalue weighted by atomic mass is 35.5. The van der Waals surface area contributed by atoms with Crippen molar-refractivity contribution in [3.63, 3.8) is 0 Å². The maximum Gasteiger partial charge on any atom is 0.381 e. The molecule has 0 fully saturated rings. The Bertz CT molecular complexity index is 479. The van der Waals surface area contributed by atoms with Crippen LogP contribution in [-0.4, -0.2) is 18.9 Å². The lowest BCUT2D eigenvalue weighted by atomic mass is 10.3. The molecule has 0 aliphatic rings. The highest BCUT2D eigenvalue weighted by molar-refractivity contribution is 6.55. The number of alkyl halides is 1. The molecule has 0 saturated heterocycles. The van der Waals surface area contributed by atoms with Crippen molar-refractivity contribution in [2.75, 3.05) is 6.61 Å². The Morgan fingerprint density at radius 3 is 1.89 bits per heavy atom. The number of carbonyl (C=O) groups is 1. The van der Waals surface area contributed by atoms with Crippen molar-refractivity contribution >= 4 is 64.0 Å². The molecule has 1 aromatic rings. The molecule has 1 unspecified atom stereocenters. The summed E-state index contributed by atoms with van der Waals surface area (Å²) in [6, 6.07) is 0. The van der Waals surface area contributed by atoms with Crippen molar-refractivity contribution in [3.8, 4) is 5.75 Å². The second-order valence-corrected chi connectivity index (χ2v) is 4.97. The molecule has 0 radical (unpaired) electrons. The molecule has 0 amide bonds. The summed E-state index contributed by atoms with van der Waals surface area (Å²) in [7, 11) is 0. The van der Waals surface area contributed by atoms with Crippen LogP contribution >= 0.6 is 58.0 Å². The Balaban J connectivity index is 3.12. The number of carbonyl (C=O) groups excluding carboxylic acids is 1. The molecule has 9 heteroatoms. The first kappa shape index (κ1) is 16.9. The van der Waals surface area contributed by atoms with E-state index in [1.165, 1.54) is 6.92 Å². The predicted molar refractivity (Wildman–Crippen MR) is 73.6 cm³/mol. The van der Waals surface area contributed by atoms with Gasteiger partial charge in [0.25, 0.3) is 0 Å². The predicted octanol–water partition coefficient (Wildman–Crippen LogP) is 5.19. The Kier molecular flexibility index (Phi) is 6.27. The highest BCUT2D eigenvalue weighted by Crippen LogP contribution is 2.48. The third kappa shape index (κ3) is 3.70. The van der Waals surface area contributed by atoms with E-state index in [-0.39, 0.29) is 37.5 Å². The highest BCUT2D eigenvalue weighted by Gasteiger charge is 2.27. The van der Waals surface area contributed by atoms with Crippen LogP contribution in [0, 0.1) is 0 Å². The summed E-state index contributed by atoms with van der Waals surface area (Å²) < 4.78 is 22.6. The van der Waals surface area contributed by atoms with Gasteiger partial charge in [-0.05, 0) is 6.92 Å². The standard InChI is InChI=1S/C10H6Cl5FO3/c1-2-18-10(17)9(16)19-8-6(14)4(12)3(11)5(13)7(8)15/h9H,2H2,1H3. The van der Waals surface area contributed by atoms with Crippen LogP contribution in [0.2, 0.25) is 25.1 Å². The maximum atomic E-state index is 13.5. The largest absolute Gasteiger partial charge is 0.461 e. The Labute approximate surface area is 133 Å². The van der Waals surface area contributed by atoms with Crippen LogP contribution in [0.3, 0.4) is 0 Å². The monoisotopic (exact) mass is 368 g/mol. The first-order valence-corrected chi connectivity index (χ1v) is 6.69. The number of hydrogen-bond donors (Lipinski definition) is 0. The van der Waals surface area contributed by atoms with E-state index in [4.69, 9.17) is 58.0 Å². The molecular formula is C10H6Cl5FO3. The van der Waals surface area contributed by atoms with Gasteiger partial charge >= 0.3 is 12.3 Å². The summed E-state index contributed by atoms with van der Waals surface area (Å²) in [5.74, 6) is -1.61. The molecule has 0 N–H and O–H groups in total. The van der Waals surface area contributed by atoms with Crippen molar-refractivity contribution in [2.24, 2.45) is 0 Å². The lowest BCUT2D eigenvalue weighted by Gasteiger charge is -2.15. The van der Waals surface area contributed by atoms with Crippen molar-refractivity contribution < 1.29 is 18.7 Å². The zero-order valence-corrected chi connectivity index (χ0v) is 13.1. The van der Waals surface area contributed by atoms with Gasteiger partial charge in [-0.2, -0.15) is 4.39 Å². The molecular weight excluding hydrogens is 364 g/mol. The van der Waals surface area contributed by atoms with Gasteiger partial charge in [0, 0.05) is 0 Å². The molecule has 1 atom stereocenters. The summed E-state index contributed by atoms with van der Waals surface area (Å²) >= 11 is 28.8. The first-order valence-electron chi connectivity index (χ1n) is 4.80. The van der Waals surface area contributed by atoms with Gasteiger partial charge in [0.1, 0.15) is 10.0 Å². The van der Waals surface area contributed by atoms with Gasteiger partial charge in [0.15, 0.2) is 5.75 Å². The summed E-state index contributed by atoms with van der Waals surface area (Å²) in [6.07, 6.45) is -2.41. The SMILES string of the molecule is CCOC(=O)C(F)Oc1c(Cl)c(Cl)c(Cl)c(Cl)c1Cl. The van der Waals surface area contributed by atoms with Crippen LogP contribution in [0.5, 0.6) is 5.75 Å². The van der Waals surface area contributed by atoms with E-state index >= 15 is 0 Å². The second kappa shape index (κ2) is 7.04. The van der Waals surface area contributed by atoms with Crippen LogP contribution in [0.25, 0.3) is 0 Å².